The van der Waals surface area contributed by atoms with Crippen molar-refractivity contribution in [2.24, 2.45) is 0 Å². The van der Waals surface area contributed by atoms with Gasteiger partial charge in [-0.1, -0.05) is 12.1 Å². The molecule has 0 saturated carbocycles. The van der Waals surface area contributed by atoms with Crippen molar-refractivity contribution in [3.05, 3.63) is 78.1 Å². The van der Waals surface area contributed by atoms with E-state index in [0.717, 1.165) is 16.9 Å². The molecule has 0 bridgehead atoms. The van der Waals surface area contributed by atoms with Crippen LogP contribution in [0.15, 0.2) is 59.3 Å². The lowest BCUT2D eigenvalue weighted by Gasteiger charge is -2.06. The molecular weight excluding hydrogens is 440 g/mol. The summed E-state index contributed by atoms with van der Waals surface area (Å²) in [4.78, 5) is 20.3. The lowest BCUT2D eigenvalue weighted by Crippen LogP contribution is -2.20. The second-order valence-corrected chi connectivity index (χ2v) is 7.80. The zero-order valence-corrected chi connectivity index (χ0v) is 18.3. The van der Waals surface area contributed by atoms with Crippen molar-refractivity contribution < 1.29 is 13.2 Å². The van der Waals surface area contributed by atoms with Crippen LogP contribution >= 0.6 is 0 Å². The quantitative estimate of drug-likeness (QED) is 0.262. The van der Waals surface area contributed by atoms with E-state index < -0.39 is 12.0 Å². The molecule has 4 heterocycles. The van der Waals surface area contributed by atoms with Crippen molar-refractivity contribution >= 4 is 28.0 Å². The molecular formula is C24H23F2N7O. The molecule has 4 aromatic heterocycles. The minimum absolute atomic E-state index is 0.00542. The Hall–Kier alpha value is -3.92. The summed E-state index contributed by atoms with van der Waals surface area (Å²) in [6, 6.07) is 12.3. The third-order valence-electron chi connectivity index (χ3n) is 5.40. The van der Waals surface area contributed by atoms with E-state index >= 15 is 0 Å². The zero-order valence-electron chi connectivity index (χ0n) is 18.3. The number of alkyl halides is 1. The Kier molecular flexibility index (Phi) is 6.39. The molecule has 0 aliphatic rings. The van der Waals surface area contributed by atoms with E-state index in [-0.39, 0.29) is 24.6 Å². The predicted molar refractivity (Wildman–Crippen MR) is 124 cm³/mol. The molecule has 10 heteroatoms. The molecule has 0 radical (unpaired) electrons. The van der Waals surface area contributed by atoms with Crippen molar-refractivity contribution in [1.82, 2.24) is 30.2 Å². The number of H-pyrrole nitrogens is 1. The van der Waals surface area contributed by atoms with Gasteiger partial charge in [0.2, 0.25) is 5.89 Å². The summed E-state index contributed by atoms with van der Waals surface area (Å²) in [7, 11) is 0. The molecule has 8 nitrogen and oxygen atoms in total. The Morgan fingerprint density at radius 3 is 2.79 bits per heavy atom. The van der Waals surface area contributed by atoms with E-state index in [4.69, 9.17) is 4.42 Å². The number of fused-ring (bicyclic) bond motifs is 2. The lowest BCUT2D eigenvalue weighted by molar-refractivity contribution is 0.264. The summed E-state index contributed by atoms with van der Waals surface area (Å²) in [6.45, 7) is 1.25. The van der Waals surface area contributed by atoms with Gasteiger partial charge < -0.3 is 20.0 Å². The number of pyridine rings is 2. The second kappa shape index (κ2) is 9.92. The molecule has 0 unspecified atom stereocenters. The summed E-state index contributed by atoms with van der Waals surface area (Å²) >= 11 is 0. The van der Waals surface area contributed by atoms with Gasteiger partial charge in [-0.15, -0.1) is 0 Å². The maximum Gasteiger partial charge on any atom is 0.230 e. The van der Waals surface area contributed by atoms with Gasteiger partial charge in [0.15, 0.2) is 23.1 Å². The van der Waals surface area contributed by atoms with Crippen LogP contribution in [0.3, 0.4) is 0 Å². The van der Waals surface area contributed by atoms with Gasteiger partial charge in [-0.25, -0.2) is 23.7 Å². The fraction of sp³-hybridized carbons (Fsp3) is 0.250. The number of nitrogens with zero attached hydrogens (tertiary/aromatic N) is 4. The summed E-state index contributed by atoms with van der Waals surface area (Å²) in [5.41, 5.74) is 3.00. The third kappa shape index (κ3) is 4.86. The van der Waals surface area contributed by atoms with Crippen LogP contribution in [-0.2, 0) is 13.0 Å². The number of para-hydroxylation sites is 2. The summed E-state index contributed by atoms with van der Waals surface area (Å²) < 4.78 is 34.2. The Labute approximate surface area is 193 Å². The molecule has 0 fully saturated rings. The minimum atomic E-state index is -1.37. The number of hydrogen-bond donors (Lipinski definition) is 3. The summed E-state index contributed by atoms with van der Waals surface area (Å²) in [5.74, 6) is 0.852. The van der Waals surface area contributed by atoms with E-state index in [2.05, 4.69) is 35.6 Å². The first-order valence-electron chi connectivity index (χ1n) is 11.0. The van der Waals surface area contributed by atoms with Crippen LogP contribution < -0.4 is 10.6 Å². The van der Waals surface area contributed by atoms with Gasteiger partial charge in [-0.2, -0.15) is 0 Å². The maximum atomic E-state index is 14.8. The maximum absolute atomic E-state index is 14.8. The monoisotopic (exact) mass is 463 g/mol. The molecule has 3 N–H and O–H groups in total. The van der Waals surface area contributed by atoms with E-state index in [1.165, 1.54) is 24.5 Å². The Morgan fingerprint density at radius 2 is 1.91 bits per heavy atom. The summed E-state index contributed by atoms with van der Waals surface area (Å²) in [6.07, 6.45) is 2.60. The van der Waals surface area contributed by atoms with E-state index in [0.29, 0.717) is 36.4 Å². The molecule has 1 atom stereocenters. The molecule has 5 aromatic rings. The summed E-state index contributed by atoms with van der Waals surface area (Å²) in [5, 5.41) is 6.23. The second-order valence-electron chi connectivity index (χ2n) is 7.80. The van der Waals surface area contributed by atoms with Crippen LogP contribution in [0.4, 0.5) is 14.6 Å². The van der Waals surface area contributed by atoms with Gasteiger partial charge in [0.05, 0.1) is 23.3 Å². The zero-order chi connectivity index (χ0) is 23.3. The molecule has 0 amide bonds. The van der Waals surface area contributed by atoms with Crippen molar-refractivity contribution in [3.8, 4) is 0 Å². The topological polar surface area (TPSA) is 105 Å². The van der Waals surface area contributed by atoms with Crippen LogP contribution in [0, 0.1) is 5.82 Å². The number of halogens is 2. The number of hydrogen-bond acceptors (Lipinski definition) is 7. The van der Waals surface area contributed by atoms with Gasteiger partial charge in [-0.05, 0) is 30.8 Å². The molecule has 0 spiro atoms. The number of rotatable bonds is 10. The SMILES string of the molecule is Fc1cccnc1CNc1nccc2oc([C@@H](F)CCNCCc3nc4ccccc4[nH]3)nc12. The number of benzene rings is 1. The van der Waals surface area contributed by atoms with Gasteiger partial charge in [-0.3, -0.25) is 4.98 Å². The molecule has 34 heavy (non-hydrogen) atoms. The number of oxazole rings is 1. The van der Waals surface area contributed by atoms with Gasteiger partial charge in [0.25, 0.3) is 0 Å². The van der Waals surface area contributed by atoms with Crippen LogP contribution in [0.25, 0.3) is 22.1 Å². The van der Waals surface area contributed by atoms with Gasteiger partial charge >= 0.3 is 0 Å². The highest BCUT2D eigenvalue weighted by molar-refractivity contribution is 5.84. The molecule has 5 rings (SSSR count). The standard InChI is InChI=1S/C24H23F2N7O/c25-15-4-3-10-28-19(15)14-30-23-22-20(8-13-29-23)34-24(33-22)16(26)7-11-27-12-9-21-31-17-5-1-2-6-18(17)32-21/h1-6,8,10,13,16,27H,7,9,11-12,14H2,(H,29,30)(H,31,32)/t16-/m0/s1. The van der Waals surface area contributed by atoms with E-state index in [1.54, 1.807) is 6.07 Å². The highest BCUT2D eigenvalue weighted by Gasteiger charge is 2.19. The van der Waals surface area contributed by atoms with Crippen LogP contribution in [0.2, 0.25) is 0 Å². The highest BCUT2D eigenvalue weighted by Crippen LogP contribution is 2.28. The molecule has 0 aliphatic heterocycles. The Bertz CT molecular complexity index is 1370. The van der Waals surface area contributed by atoms with Crippen LogP contribution in [0.5, 0.6) is 0 Å². The number of imidazole rings is 1. The third-order valence-corrected chi connectivity index (χ3v) is 5.40. The lowest BCUT2D eigenvalue weighted by atomic mass is 10.2. The van der Waals surface area contributed by atoms with Crippen molar-refractivity contribution in [2.75, 3.05) is 18.4 Å². The smallest absolute Gasteiger partial charge is 0.230 e. The highest BCUT2D eigenvalue weighted by atomic mass is 19.1. The first kappa shape index (κ1) is 21.9. The number of aromatic amines is 1. The Balaban J connectivity index is 1.14. The number of nitrogens with one attached hydrogen (secondary N) is 3. The average molecular weight is 463 g/mol. The first-order valence-corrected chi connectivity index (χ1v) is 11.0. The molecule has 0 saturated heterocycles. The number of aromatic nitrogens is 5. The number of anilines is 1. The van der Waals surface area contributed by atoms with E-state index in [1.807, 2.05) is 24.3 Å². The fourth-order valence-corrected chi connectivity index (χ4v) is 3.66. The average Bonchev–Trinajstić information content (AvgIpc) is 3.47. The van der Waals surface area contributed by atoms with Crippen molar-refractivity contribution in [1.29, 1.82) is 0 Å². The molecule has 1 aromatic carbocycles. The van der Waals surface area contributed by atoms with Crippen molar-refractivity contribution in [2.45, 2.75) is 25.6 Å². The largest absolute Gasteiger partial charge is 0.437 e. The van der Waals surface area contributed by atoms with Crippen molar-refractivity contribution in [3.63, 3.8) is 0 Å². The van der Waals surface area contributed by atoms with E-state index in [9.17, 15) is 8.78 Å². The Morgan fingerprint density at radius 1 is 1.00 bits per heavy atom. The predicted octanol–water partition coefficient (Wildman–Crippen LogP) is 4.48. The van der Waals surface area contributed by atoms with Gasteiger partial charge in [0, 0.05) is 37.8 Å². The normalized spacial score (nSPS) is 12.4. The molecule has 0 aliphatic carbocycles. The van der Waals surface area contributed by atoms with Crippen LogP contribution in [0.1, 0.15) is 30.0 Å². The first-order chi connectivity index (χ1) is 16.7. The minimum Gasteiger partial charge on any atom is -0.437 e. The molecule has 174 valence electrons. The van der Waals surface area contributed by atoms with Crippen LogP contribution in [-0.4, -0.2) is 38.0 Å². The fourth-order valence-electron chi connectivity index (χ4n) is 3.66. The van der Waals surface area contributed by atoms with Gasteiger partial charge in [0.1, 0.15) is 11.6 Å².